The number of carbonyl (C=O) groups is 1. The van der Waals surface area contributed by atoms with Crippen LogP contribution in [0.3, 0.4) is 0 Å². The third-order valence-electron chi connectivity index (χ3n) is 3.10. The maximum absolute atomic E-state index is 11.7. The molecule has 0 unspecified atom stereocenters. The molecular formula is C13H14N2O7S2. The molecule has 130 valence electrons. The molecule has 0 saturated carbocycles. The molecule has 0 fully saturated rings. The van der Waals surface area contributed by atoms with Crippen LogP contribution < -0.4 is 10.6 Å². The minimum atomic E-state index is -4.59. The Hall–Kier alpha value is -2.05. The first-order chi connectivity index (χ1) is 11.0. The Kier molecular flexibility index (Phi) is 4.92. The monoisotopic (exact) mass is 374 g/mol. The van der Waals surface area contributed by atoms with Gasteiger partial charge in [-0.05, 0) is 36.7 Å². The van der Waals surface area contributed by atoms with Gasteiger partial charge in [-0.25, -0.2) is 0 Å². The highest BCUT2D eigenvalue weighted by molar-refractivity contribution is 7.86. The molecule has 0 radical (unpaired) electrons. The van der Waals surface area contributed by atoms with Crippen LogP contribution in [-0.4, -0.2) is 45.4 Å². The SMILES string of the molecule is CNCC(=O)Nc1cc(S(=O)(=O)O)cc2cc(S(=O)(=O)O)ccc12. The summed E-state index contributed by atoms with van der Waals surface area (Å²) in [7, 11) is -7.54. The van der Waals surface area contributed by atoms with E-state index in [4.69, 9.17) is 4.55 Å². The number of hydrogen-bond acceptors (Lipinski definition) is 6. The highest BCUT2D eigenvalue weighted by atomic mass is 32.2. The number of rotatable bonds is 5. The molecule has 0 atom stereocenters. The number of carbonyl (C=O) groups excluding carboxylic acids is 1. The standard InChI is InChI=1S/C13H14N2O7S2/c1-14-7-13(16)15-12-6-10(24(20,21)22)5-8-4-9(23(17,18)19)2-3-11(8)12/h2-6,14H,7H2,1H3,(H,15,16)(H,17,18,19)(H,20,21,22). The second kappa shape index (κ2) is 6.45. The molecule has 2 aromatic rings. The fraction of sp³-hybridized carbons (Fsp3) is 0.154. The van der Waals surface area contributed by atoms with E-state index in [0.29, 0.717) is 5.39 Å². The van der Waals surface area contributed by atoms with Crippen molar-refractivity contribution >= 4 is 42.6 Å². The molecular weight excluding hydrogens is 360 g/mol. The van der Waals surface area contributed by atoms with Gasteiger partial charge in [-0.2, -0.15) is 16.8 Å². The molecule has 0 aromatic heterocycles. The molecule has 0 spiro atoms. The van der Waals surface area contributed by atoms with Crippen molar-refractivity contribution in [1.82, 2.24) is 5.32 Å². The summed E-state index contributed by atoms with van der Waals surface area (Å²) in [5.74, 6) is -0.467. The quantitative estimate of drug-likeness (QED) is 0.552. The van der Waals surface area contributed by atoms with E-state index in [-0.39, 0.29) is 17.6 Å². The number of likely N-dealkylation sites (N-methyl/N-ethyl adjacent to an activating group) is 1. The summed E-state index contributed by atoms with van der Waals surface area (Å²) >= 11 is 0. The van der Waals surface area contributed by atoms with Crippen LogP contribution in [0.15, 0.2) is 40.1 Å². The van der Waals surface area contributed by atoms with Gasteiger partial charge >= 0.3 is 0 Å². The first-order valence-electron chi connectivity index (χ1n) is 6.49. The lowest BCUT2D eigenvalue weighted by Gasteiger charge is -2.11. The summed E-state index contributed by atoms with van der Waals surface area (Å²) in [5.41, 5.74) is 0.0715. The normalized spacial score (nSPS) is 12.3. The zero-order chi connectivity index (χ0) is 18.1. The van der Waals surface area contributed by atoms with Crippen molar-refractivity contribution in [2.45, 2.75) is 9.79 Å². The summed E-state index contributed by atoms with van der Waals surface area (Å²) in [4.78, 5) is 10.7. The van der Waals surface area contributed by atoms with Crippen LogP contribution in [0.5, 0.6) is 0 Å². The molecule has 0 bridgehead atoms. The fourth-order valence-electron chi connectivity index (χ4n) is 2.09. The van der Waals surface area contributed by atoms with Gasteiger partial charge in [0.05, 0.1) is 16.3 Å². The fourth-order valence-corrected chi connectivity index (χ4v) is 3.15. The molecule has 0 heterocycles. The second-order valence-corrected chi connectivity index (χ2v) is 7.73. The van der Waals surface area contributed by atoms with Gasteiger partial charge < -0.3 is 10.6 Å². The molecule has 0 aliphatic rings. The summed E-state index contributed by atoms with van der Waals surface area (Å²) in [6.07, 6.45) is 0. The molecule has 11 heteroatoms. The van der Waals surface area contributed by atoms with Crippen LogP contribution >= 0.6 is 0 Å². The van der Waals surface area contributed by atoms with Gasteiger partial charge in [0.1, 0.15) is 0 Å². The molecule has 0 saturated heterocycles. The van der Waals surface area contributed by atoms with E-state index in [0.717, 1.165) is 24.3 Å². The van der Waals surface area contributed by atoms with Crippen molar-refractivity contribution in [2.75, 3.05) is 18.9 Å². The van der Waals surface area contributed by atoms with Crippen molar-refractivity contribution in [2.24, 2.45) is 0 Å². The predicted molar refractivity (Wildman–Crippen MR) is 86.1 cm³/mol. The van der Waals surface area contributed by atoms with Crippen LogP contribution in [0.25, 0.3) is 10.8 Å². The number of nitrogens with one attached hydrogen (secondary N) is 2. The maximum Gasteiger partial charge on any atom is 0.294 e. The van der Waals surface area contributed by atoms with E-state index >= 15 is 0 Å². The maximum atomic E-state index is 11.7. The smallest absolute Gasteiger partial charge is 0.294 e. The third-order valence-corrected chi connectivity index (χ3v) is 4.79. The van der Waals surface area contributed by atoms with Gasteiger partial charge in [0, 0.05) is 11.1 Å². The molecule has 9 nitrogen and oxygen atoms in total. The van der Waals surface area contributed by atoms with Crippen LogP contribution in [0.4, 0.5) is 5.69 Å². The van der Waals surface area contributed by atoms with E-state index in [1.807, 2.05) is 0 Å². The average Bonchev–Trinajstić information content (AvgIpc) is 2.44. The Labute approximate surface area is 138 Å². The predicted octanol–water partition coefficient (Wildman–Crippen LogP) is 0.491. The van der Waals surface area contributed by atoms with Crippen LogP contribution in [-0.2, 0) is 25.0 Å². The summed E-state index contributed by atoms with van der Waals surface area (Å²) in [6, 6.07) is 5.54. The van der Waals surface area contributed by atoms with E-state index in [2.05, 4.69) is 10.6 Å². The Morgan fingerprint density at radius 3 is 2.12 bits per heavy atom. The Balaban J connectivity index is 2.73. The Morgan fingerprint density at radius 2 is 1.58 bits per heavy atom. The molecule has 2 aromatic carbocycles. The molecule has 0 aliphatic heterocycles. The summed E-state index contributed by atoms with van der Waals surface area (Å²) < 4.78 is 63.5. The molecule has 2 rings (SSSR count). The van der Waals surface area contributed by atoms with E-state index < -0.39 is 35.9 Å². The van der Waals surface area contributed by atoms with E-state index in [1.165, 1.54) is 6.07 Å². The van der Waals surface area contributed by atoms with Crippen LogP contribution in [0.2, 0.25) is 0 Å². The van der Waals surface area contributed by atoms with Gasteiger partial charge in [-0.1, -0.05) is 6.07 Å². The second-order valence-electron chi connectivity index (χ2n) is 4.88. The zero-order valence-electron chi connectivity index (χ0n) is 12.3. The molecule has 0 aliphatic carbocycles. The molecule has 1 amide bonds. The van der Waals surface area contributed by atoms with Gasteiger partial charge in [0.15, 0.2) is 0 Å². The summed E-state index contributed by atoms with van der Waals surface area (Å²) in [6.45, 7) is -0.0410. The lowest BCUT2D eigenvalue weighted by Crippen LogP contribution is -2.25. The third kappa shape index (κ3) is 4.07. The minimum Gasteiger partial charge on any atom is -0.324 e. The topological polar surface area (TPSA) is 150 Å². The number of anilines is 1. The van der Waals surface area contributed by atoms with Crippen molar-refractivity contribution in [3.63, 3.8) is 0 Å². The first kappa shape index (κ1) is 18.3. The van der Waals surface area contributed by atoms with Crippen molar-refractivity contribution in [1.29, 1.82) is 0 Å². The average molecular weight is 374 g/mol. The highest BCUT2D eigenvalue weighted by Crippen LogP contribution is 2.29. The number of fused-ring (bicyclic) bond motifs is 1. The van der Waals surface area contributed by atoms with Crippen LogP contribution in [0, 0.1) is 0 Å². The van der Waals surface area contributed by atoms with Gasteiger partial charge in [0.2, 0.25) is 5.91 Å². The Morgan fingerprint density at radius 1 is 1.00 bits per heavy atom. The molecule has 4 N–H and O–H groups in total. The lowest BCUT2D eigenvalue weighted by molar-refractivity contribution is -0.115. The van der Waals surface area contributed by atoms with Gasteiger partial charge in [0.25, 0.3) is 20.2 Å². The lowest BCUT2D eigenvalue weighted by atomic mass is 10.1. The van der Waals surface area contributed by atoms with Gasteiger partial charge in [-0.15, -0.1) is 0 Å². The zero-order valence-corrected chi connectivity index (χ0v) is 14.0. The van der Waals surface area contributed by atoms with Crippen molar-refractivity contribution in [3.8, 4) is 0 Å². The molecule has 24 heavy (non-hydrogen) atoms. The van der Waals surface area contributed by atoms with Gasteiger partial charge in [-0.3, -0.25) is 13.9 Å². The minimum absolute atomic E-state index is 0.0410. The largest absolute Gasteiger partial charge is 0.324 e. The number of amides is 1. The van der Waals surface area contributed by atoms with Crippen molar-refractivity contribution < 1.29 is 30.7 Å². The Bertz CT molecular complexity index is 1010. The number of hydrogen-bond donors (Lipinski definition) is 4. The highest BCUT2D eigenvalue weighted by Gasteiger charge is 2.17. The summed E-state index contributed by atoms with van der Waals surface area (Å²) in [5, 5.41) is 5.52. The van der Waals surface area contributed by atoms with E-state index in [1.54, 1.807) is 7.05 Å². The van der Waals surface area contributed by atoms with Crippen LogP contribution in [0.1, 0.15) is 0 Å². The first-order valence-corrected chi connectivity index (χ1v) is 9.37. The number of benzene rings is 2. The van der Waals surface area contributed by atoms with E-state index in [9.17, 15) is 26.2 Å². The van der Waals surface area contributed by atoms with Crippen molar-refractivity contribution in [3.05, 3.63) is 30.3 Å².